The molecule has 2 aromatic heterocycles. The van der Waals surface area contributed by atoms with Crippen LogP contribution in [0.25, 0.3) is 5.65 Å². The summed E-state index contributed by atoms with van der Waals surface area (Å²) < 4.78 is 25.8. The highest BCUT2D eigenvalue weighted by Crippen LogP contribution is 2.30. The standard InChI is InChI=1S/C19H30N6O4S/c1-6-12-11-20-25-15(12)22-17(30(5,28)29)23-16(25)21-13-8-7-9-14(10-13)24(18(26)27)19(2,3)4/h11,13-14H,6-10H2,1-5H3,(H,26,27)(H,21,22,23). The number of amides is 1. The zero-order valence-electron chi connectivity index (χ0n) is 18.1. The number of hydrogen-bond donors (Lipinski definition) is 2. The second kappa shape index (κ2) is 8.01. The zero-order valence-corrected chi connectivity index (χ0v) is 18.9. The molecule has 0 radical (unpaired) electrons. The molecule has 2 aromatic rings. The van der Waals surface area contributed by atoms with Gasteiger partial charge in [0.1, 0.15) is 0 Å². The van der Waals surface area contributed by atoms with Gasteiger partial charge in [0.15, 0.2) is 5.65 Å². The number of nitrogens with zero attached hydrogens (tertiary/aromatic N) is 5. The maximum atomic E-state index is 12.1. The van der Waals surface area contributed by atoms with Gasteiger partial charge in [-0.15, -0.1) is 0 Å². The molecule has 1 aliphatic rings. The molecule has 166 valence electrons. The highest BCUT2D eigenvalue weighted by atomic mass is 32.2. The van der Waals surface area contributed by atoms with E-state index < -0.39 is 21.5 Å². The van der Waals surface area contributed by atoms with Crippen molar-refractivity contribution in [2.24, 2.45) is 0 Å². The smallest absolute Gasteiger partial charge is 0.407 e. The Morgan fingerprint density at radius 2 is 2.03 bits per heavy atom. The number of aryl methyl sites for hydroxylation is 1. The minimum absolute atomic E-state index is 0.0623. The molecule has 30 heavy (non-hydrogen) atoms. The van der Waals surface area contributed by atoms with Crippen LogP contribution in [0.2, 0.25) is 0 Å². The Bertz CT molecular complexity index is 1040. The summed E-state index contributed by atoms with van der Waals surface area (Å²) in [5.74, 6) is 0.309. The van der Waals surface area contributed by atoms with Crippen LogP contribution in [0.1, 0.15) is 58.9 Å². The lowest BCUT2D eigenvalue weighted by molar-refractivity contribution is 0.0551. The summed E-state index contributed by atoms with van der Waals surface area (Å²) in [6.07, 6.45) is 5.55. The lowest BCUT2D eigenvalue weighted by Gasteiger charge is -2.43. The summed E-state index contributed by atoms with van der Waals surface area (Å²) in [5, 5.41) is 17.1. The Hall–Kier alpha value is -2.43. The third kappa shape index (κ3) is 4.50. The summed E-state index contributed by atoms with van der Waals surface area (Å²) in [4.78, 5) is 21.8. The second-order valence-corrected chi connectivity index (χ2v) is 10.8. The van der Waals surface area contributed by atoms with Crippen LogP contribution in [0.4, 0.5) is 10.7 Å². The Labute approximate surface area is 176 Å². The highest BCUT2D eigenvalue weighted by Gasteiger charge is 2.36. The van der Waals surface area contributed by atoms with Crippen LogP contribution in [0.5, 0.6) is 0 Å². The molecule has 1 amide bonds. The van der Waals surface area contributed by atoms with Gasteiger partial charge in [0.05, 0.1) is 6.20 Å². The molecule has 1 fully saturated rings. The van der Waals surface area contributed by atoms with E-state index in [4.69, 9.17) is 0 Å². The summed E-state index contributed by atoms with van der Waals surface area (Å²) in [6.45, 7) is 7.62. The van der Waals surface area contributed by atoms with Gasteiger partial charge in [-0.1, -0.05) is 6.92 Å². The predicted octanol–water partition coefficient (Wildman–Crippen LogP) is 2.59. The van der Waals surface area contributed by atoms with E-state index >= 15 is 0 Å². The van der Waals surface area contributed by atoms with Gasteiger partial charge < -0.3 is 15.3 Å². The van der Waals surface area contributed by atoms with Crippen molar-refractivity contribution in [1.82, 2.24) is 24.5 Å². The summed E-state index contributed by atoms with van der Waals surface area (Å²) in [7, 11) is -3.60. The number of sulfone groups is 1. The lowest BCUT2D eigenvalue weighted by Crippen LogP contribution is -2.53. The van der Waals surface area contributed by atoms with Gasteiger partial charge >= 0.3 is 6.09 Å². The van der Waals surface area contributed by atoms with Crippen LogP contribution in [-0.4, -0.2) is 68.0 Å². The third-order valence-electron chi connectivity index (χ3n) is 5.41. The van der Waals surface area contributed by atoms with Crippen LogP contribution in [-0.2, 0) is 16.3 Å². The number of fused-ring (bicyclic) bond motifs is 1. The van der Waals surface area contributed by atoms with Crippen LogP contribution < -0.4 is 5.32 Å². The van der Waals surface area contributed by atoms with E-state index in [1.54, 1.807) is 6.20 Å². The molecule has 2 heterocycles. The molecule has 3 rings (SSSR count). The lowest BCUT2D eigenvalue weighted by atomic mass is 9.88. The zero-order chi connectivity index (χ0) is 22.3. The SMILES string of the molecule is CCc1cnn2c(NC3CCCC(N(C(=O)O)C(C)(C)C)C3)nc(S(C)(=O)=O)nc12. The molecule has 0 aromatic carbocycles. The first-order valence-corrected chi connectivity index (χ1v) is 12.0. The van der Waals surface area contributed by atoms with Gasteiger partial charge in [-0.3, -0.25) is 0 Å². The second-order valence-electron chi connectivity index (χ2n) is 8.85. The number of carboxylic acid groups (broad SMARTS) is 1. The first kappa shape index (κ1) is 22.3. The Balaban J connectivity index is 1.94. The number of nitrogens with one attached hydrogen (secondary N) is 1. The van der Waals surface area contributed by atoms with Crippen molar-refractivity contribution in [1.29, 1.82) is 0 Å². The number of rotatable bonds is 5. The molecule has 1 saturated carbocycles. The van der Waals surface area contributed by atoms with Crippen molar-refractivity contribution < 1.29 is 18.3 Å². The molecule has 2 atom stereocenters. The van der Waals surface area contributed by atoms with Gasteiger partial charge in [-0.05, 0) is 52.9 Å². The monoisotopic (exact) mass is 438 g/mol. The van der Waals surface area contributed by atoms with E-state index in [9.17, 15) is 18.3 Å². The Kier molecular flexibility index (Phi) is 5.94. The van der Waals surface area contributed by atoms with E-state index in [-0.39, 0.29) is 17.2 Å². The van der Waals surface area contributed by atoms with Crippen molar-refractivity contribution in [3.63, 3.8) is 0 Å². The molecule has 11 heteroatoms. The van der Waals surface area contributed by atoms with E-state index in [1.807, 2.05) is 27.7 Å². The largest absolute Gasteiger partial charge is 0.465 e. The van der Waals surface area contributed by atoms with Crippen molar-refractivity contribution in [2.45, 2.75) is 82.6 Å². The van der Waals surface area contributed by atoms with E-state index in [1.165, 1.54) is 9.42 Å². The summed E-state index contributed by atoms with van der Waals surface area (Å²) >= 11 is 0. The molecule has 0 spiro atoms. The fraction of sp³-hybridized carbons (Fsp3) is 0.684. The van der Waals surface area contributed by atoms with Crippen molar-refractivity contribution in [3.05, 3.63) is 11.8 Å². The Morgan fingerprint density at radius 3 is 2.60 bits per heavy atom. The van der Waals surface area contributed by atoms with Gasteiger partial charge in [0.25, 0.3) is 5.16 Å². The van der Waals surface area contributed by atoms with Crippen LogP contribution in [0.3, 0.4) is 0 Å². The predicted molar refractivity (Wildman–Crippen MR) is 113 cm³/mol. The number of hydrogen-bond acceptors (Lipinski definition) is 7. The first-order chi connectivity index (χ1) is 13.9. The van der Waals surface area contributed by atoms with Gasteiger partial charge in [0, 0.05) is 29.4 Å². The first-order valence-electron chi connectivity index (χ1n) is 10.1. The van der Waals surface area contributed by atoms with Gasteiger partial charge in [0.2, 0.25) is 15.8 Å². The van der Waals surface area contributed by atoms with Crippen LogP contribution in [0, 0.1) is 0 Å². The van der Waals surface area contributed by atoms with E-state index in [0.717, 1.165) is 31.1 Å². The van der Waals surface area contributed by atoms with Crippen LogP contribution >= 0.6 is 0 Å². The maximum absolute atomic E-state index is 12.1. The van der Waals surface area contributed by atoms with E-state index in [0.29, 0.717) is 24.4 Å². The number of anilines is 1. The molecule has 10 nitrogen and oxygen atoms in total. The fourth-order valence-corrected chi connectivity index (χ4v) is 4.62. The van der Waals surface area contributed by atoms with Crippen molar-refractivity contribution >= 4 is 27.5 Å². The van der Waals surface area contributed by atoms with Gasteiger partial charge in [-0.25, -0.2) is 13.2 Å². The normalized spacial score (nSPS) is 20.3. The van der Waals surface area contributed by atoms with Crippen LogP contribution in [0.15, 0.2) is 11.4 Å². The summed E-state index contributed by atoms with van der Waals surface area (Å²) in [6, 6.07) is -0.197. The summed E-state index contributed by atoms with van der Waals surface area (Å²) in [5.41, 5.74) is 0.781. The highest BCUT2D eigenvalue weighted by molar-refractivity contribution is 7.90. The minimum atomic E-state index is -3.60. The molecule has 1 aliphatic carbocycles. The number of carbonyl (C=O) groups is 1. The molecule has 0 saturated heterocycles. The quantitative estimate of drug-likeness (QED) is 0.728. The topological polar surface area (TPSA) is 130 Å². The van der Waals surface area contributed by atoms with Gasteiger partial charge in [-0.2, -0.15) is 19.6 Å². The maximum Gasteiger partial charge on any atom is 0.407 e. The average Bonchev–Trinajstić information content (AvgIpc) is 3.03. The average molecular weight is 439 g/mol. The molecule has 2 unspecified atom stereocenters. The molecule has 0 aliphatic heterocycles. The van der Waals surface area contributed by atoms with Crippen molar-refractivity contribution in [3.8, 4) is 0 Å². The third-order valence-corrected chi connectivity index (χ3v) is 6.25. The Morgan fingerprint density at radius 1 is 1.33 bits per heavy atom. The van der Waals surface area contributed by atoms with Crippen molar-refractivity contribution in [2.75, 3.05) is 11.6 Å². The molecular weight excluding hydrogens is 408 g/mol. The molecule has 0 bridgehead atoms. The molecule has 2 N–H and O–H groups in total. The minimum Gasteiger partial charge on any atom is -0.465 e. The number of aromatic nitrogens is 4. The van der Waals surface area contributed by atoms with E-state index in [2.05, 4.69) is 20.4 Å². The molecular formula is C19H30N6O4S. The fourth-order valence-electron chi connectivity index (χ4n) is 4.12.